The van der Waals surface area contributed by atoms with E-state index in [1.165, 1.54) is 0 Å². The molecular weight excluding hydrogens is 286 g/mol. The second-order valence-corrected chi connectivity index (χ2v) is 7.25. The van der Waals surface area contributed by atoms with Crippen LogP contribution in [0.5, 0.6) is 0 Å². The molecule has 1 aromatic carbocycles. The zero-order valence-electron chi connectivity index (χ0n) is 12.3. The Hall–Kier alpha value is -1.69. The SMILES string of the molecule is CC1CN(C(=O)C(C(N)=NO)c2ccccc2)CC(C)S1. The van der Waals surface area contributed by atoms with E-state index in [4.69, 9.17) is 10.9 Å². The average Bonchev–Trinajstić information content (AvgIpc) is 2.47. The summed E-state index contributed by atoms with van der Waals surface area (Å²) in [6, 6.07) is 9.21. The highest BCUT2D eigenvalue weighted by Gasteiger charge is 2.33. The molecule has 1 amide bonds. The van der Waals surface area contributed by atoms with Crippen molar-refractivity contribution in [2.45, 2.75) is 30.3 Å². The third kappa shape index (κ3) is 3.69. The van der Waals surface area contributed by atoms with Crippen molar-refractivity contribution in [3.63, 3.8) is 0 Å². The lowest BCUT2D eigenvalue weighted by Crippen LogP contribution is -2.48. The van der Waals surface area contributed by atoms with Crippen LogP contribution in [0.15, 0.2) is 35.5 Å². The van der Waals surface area contributed by atoms with Gasteiger partial charge < -0.3 is 15.8 Å². The maximum Gasteiger partial charge on any atom is 0.237 e. The van der Waals surface area contributed by atoms with Gasteiger partial charge in [-0.15, -0.1) is 0 Å². The number of thioether (sulfide) groups is 1. The van der Waals surface area contributed by atoms with E-state index in [1.54, 1.807) is 0 Å². The van der Waals surface area contributed by atoms with E-state index in [2.05, 4.69) is 19.0 Å². The number of hydrogen-bond acceptors (Lipinski definition) is 4. The van der Waals surface area contributed by atoms with Gasteiger partial charge in [0, 0.05) is 23.6 Å². The van der Waals surface area contributed by atoms with Crippen LogP contribution in [-0.2, 0) is 4.79 Å². The summed E-state index contributed by atoms with van der Waals surface area (Å²) >= 11 is 1.88. The lowest BCUT2D eigenvalue weighted by molar-refractivity contribution is -0.131. The summed E-state index contributed by atoms with van der Waals surface area (Å²) in [7, 11) is 0. The largest absolute Gasteiger partial charge is 0.409 e. The molecule has 1 fully saturated rings. The van der Waals surface area contributed by atoms with Crippen LogP contribution < -0.4 is 5.73 Å². The van der Waals surface area contributed by atoms with E-state index < -0.39 is 5.92 Å². The Kier molecular flexibility index (Phi) is 5.12. The molecule has 0 aliphatic carbocycles. The number of amides is 1. The molecule has 1 saturated heterocycles. The van der Waals surface area contributed by atoms with Crippen molar-refractivity contribution in [2.75, 3.05) is 13.1 Å². The summed E-state index contributed by atoms with van der Waals surface area (Å²) in [4.78, 5) is 14.7. The van der Waals surface area contributed by atoms with Gasteiger partial charge in [0.2, 0.25) is 5.91 Å². The van der Waals surface area contributed by atoms with Crippen molar-refractivity contribution in [1.82, 2.24) is 4.90 Å². The van der Waals surface area contributed by atoms with Crippen LogP contribution in [0, 0.1) is 0 Å². The van der Waals surface area contributed by atoms with Crippen molar-refractivity contribution in [2.24, 2.45) is 10.9 Å². The van der Waals surface area contributed by atoms with E-state index >= 15 is 0 Å². The third-order valence-corrected chi connectivity index (χ3v) is 4.75. The van der Waals surface area contributed by atoms with Crippen LogP contribution in [0.4, 0.5) is 0 Å². The standard InChI is InChI=1S/C15H21N3O2S/c1-10-8-18(9-11(2)21-10)15(19)13(14(16)17-20)12-6-4-3-5-7-12/h3-7,10-11,13,20H,8-9H2,1-2H3,(H2,16,17). The van der Waals surface area contributed by atoms with Crippen molar-refractivity contribution in [3.8, 4) is 0 Å². The molecule has 1 aliphatic heterocycles. The summed E-state index contributed by atoms with van der Waals surface area (Å²) in [5.74, 6) is -0.890. The van der Waals surface area contributed by atoms with Gasteiger partial charge in [-0.25, -0.2) is 0 Å². The van der Waals surface area contributed by atoms with Crippen molar-refractivity contribution in [3.05, 3.63) is 35.9 Å². The Labute approximate surface area is 129 Å². The van der Waals surface area contributed by atoms with E-state index in [-0.39, 0.29) is 11.7 Å². The number of amidine groups is 1. The van der Waals surface area contributed by atoms with Gasteiger partial charge in [0.05, 0.1) is 0 Å². The van der Waals surface area contributed by atoms with Crippen molar-refractivity contribution < 1.29 is 10.0 Å². The topological polar surface area (TPSA) is 78.9 Å². The van der Waals surface area contributed by atoms with Gasteiger partial charge in [0.25, 0.3) is 0 Å². The highest BCUT2D eigenvalue weighted by molar-refractivity contribution is 8.00. The number of nitrogens with zero attached hydrogens (tertiary/aromatic N) is 2. The highest BCUT2D eigenvalue weighted by atomic mass is 32.2. The minimum absolute atomic E-state index is 0.0651. The van der Waals surface area contributed by atoms with E-state index in [9.17, 15) is 4.79 Å². The second kappa shape index (κ2) is 6.85. The molecule has 6 heteroatoms. The Morgan fingerprint density at radius 1 is 1.33 bits per heavy atom. The first-order chi connectivity index (χ1) is 10.0. The summed E-state index contributed by atoms with van der Waals surface area (Å²) in [5, 5.41) is 12.8. The first-order valence-corrected chi connectivity index (χ1v) is 7.93. The molecule has 0 radical (unpaired) electrons. The highest BCUT2D eigenvalue weighted by Crippen LogP contribution is 2.28. The molecule has 1 aromatic rings. The number of carbonyl (C=O) groups excluding carboxylic acids is 1. The van der Waals surface area contributed by atoms with Crippen molar-refractivity contribution >= 4 is 23.5 Å². The van der Waals surface area contributed by atoms with E-state index in [1.807, 2.05) is 47.0 Å². The normalized spacial score (nSPS) is 24.7. The lowest BCUT2D eigenvalue weighted by Gasteiger charge is -2.36. The van der Waals surface area contributed by atoms with E-state index in [0.717, 1.165) is 5.56 Å². The smallest absolute Gasteiger partial charge is 0.237 e. The maximum atomic E-state index is 12.8. The van der Waals surface area contributed by atoms with Crippen LogP contribution in [-0.4, -0.2) is 45.4 Å². The summed E-state index contributed by atoms with van der Waals surface area (Å²) < 4.78 is 0. The van der Waals surface area contributed by atoms with Crippen LogP contribution in [0.25, 0.3) is 0 Å². The predicted molar refractivity (Wildman–Crippen MR) is 85.7 cm³/mol. The molecule has 5 nitrogen and oxygen atoms in total. The van der Waals surface area contributed by atoms with Crippen LogP contribution in [0.3, 0.4) is 0 Å². The molecular formula is C15H21N3O2S. The maximum absolute atomic E-state index is 12.8. The van der Waals surface area contributed by atoms with Crippen LogP contribution in [0.2, 0.25) is 0 Å². The molecule has 114 valence electrons. The van der Waals surface area contributed by atoms with Gasteiger partial charge in [-0.05, 0) is 5.56 Å². The molecule has 3 unspecified atom stereocenters. The third-order valence-electron chi connectivity index (χ3n) is 3.52. The Morgan fingerprint density at radius 3 is 2.43 bits per heavy atom. The summed E-state index contributed by atoms with van der Waals surface area (Å²) in [6.45, 7) is 5.61. The van der Waals surface area contributed by atoms with Crippen LogP contribution >= 0.6 is 11.8 Å². The molecule has 1 heterocycles. The zero-order valence-corrected chi connectivity index (χ0v) is 13.1. The zero-order chi connectivity index (χ0) is 15.4. The summed E-state index contributed by atoms with van der Waals surface area (Å²) in [6.07, 6.45) is 0. The quantitative estimate of drug-likeness (QED) is 0.387. The first kappa shape index (κ1) is 15.7. The number of benzene rings is 1. The predicted octanol–water partition coefficient (Wildman–Crippen LogP) is 1.87. The van der Waals surface area contributed by atoms with Gasteiger partial charge >= 0.3 is 0 Å². The molecule has 1 aliphatic rings. The molecule has 21 heavy (non-hydrogen) atoms. The van der Waals surface area contributed by atoms with Crippen LogP contribution in [0.1, 0.15) is 25.3 Å². The average molecular weight is 307 g/mol. The fourth-order valence-corrected chi connectivity index (χ4v) is 4.01. The molecule has 0 aromatic heterocycles. The number of nitrogens with two attached hydrogens (primary N) is 1. The molecule has 2 rings (SSSR count). The van der Waals surface area contributed by atoms with Gasteiger partial charge in [0.15, 0.2) is 5.84 Å². The Balaban J connectivity index is 2.27. The molecule has 3 N–H and O–H groups in total. The number of hydrogen-bond donors (Lipinski definition) is 2. The van der Waals surface area contributed by atoms with Gasteiger partial charge in [0.1, 0.15) is 5.92 Å². The van der Waals surface area contributed by atoms with Gasteiger partial charge in [-0.2, -0.15) is 11.8 Å². The fourth-order valence-electron chi connectivity index (χ4n) is 2.68. The molecule has 0 spiro atoms. The first-order valence-electron chi connectivity index (χ1n) is 6.99. The number of carbonyl (C=O) groups is 1. The fraction of sp³-hybridized carbons (Fsp3) is 0.467. The summed E-state index contributed by atoms with van der Waals surface area (Å²) in [5.41, 5.74) is 6.52. The molecule has 0 saturated carbocycles. The minimum Gasteiger partial charge on any atom is -0.409 e. The van der Waals surface area contributed by atoms with Crippen molar-refractivity contribution in [1.29, 1.82) is 0 Å². The van der Waals surface area contributed by atoms with Gasteiger partial charge in [-0.1, -0.05) is 49.3 Å². The molecule has 3 atom stereocenters. The van der Waals surface area contributed by atoms with Gasteiger partial charge in [-0.3, -0.25) is 4.79 Å². The monoisotopic (exact) mass is 307 g/mol. The molecule has 0 bridgehead atoms. The minimum atomic E-state index is -0.723. The Morgan fingerprint density at radius 2 is 1.90 bits per heavy atom. The Bertz CT molecular complexity index is 511. The lowest BCUT2D eigenvalue weighted by atomic mass is 9.96. The number of rotatable bonds is 3. The van der Waals surface area contributed by atoms with E-state index in [0.29, 0.717) is 23.6 Å². The second-order valence-electron chi connectivity index (χ2n) is 5.37. The number of oxime groups is 1.